The topological polar surface area (TPSA) is 35.5 Å². The van der Waals surface area contributed by atoms with Crippen molar-refractivity contribution in [1.82, 2.24) is 0 Å². The quantitative estimate of drug-likeness (QED) is 0.0945. The van der Waals surface area contributed by atoms with Gasteiger partial charge in [-0.2, -0.15) is 0 Å². The van der Waals surface area contributed by atoms with Gasteiger partial charge in [0.05, 0.1) is 27.1 Å². The highest BCUT2D eigenvalue weighted by molar-refractivity contribution is 5.69. The van der Waals surface area contributed by atoms with Crippen molar-refractivity contribution in [3.8, 4) is 5.75 Å². The molecule has 194 valence electrons. The highest BCUT2D eigenvalue weighted by Crippen LogP contribution is 2.22. The average molecular weight is 483 g/mol. The van der Waals surface area contributed by atoms with Crippen LogP contribution in [0.2, 0.25) is 0 Å². The van der Waals surface area contributed by atoms with Crippen LogP contribution in [0.15, 0.2) is 54.6 Å². The summed E-state index contributed by atoms with van der Waals surface area (Å²) < 4.78 is 12.4. The van der Waals surface area contributed by atoms with E-state index in [9.17, 15) is 4.79 Å². The number of esters is 1. The van der Waals surface area contributed by atoms with E-state index in [0.717, 1.165) is 36.2 Å². The van der Waals surface area contributed by atoms with Gasteiger partial charge >= 0.3 is 5.97 Å². The summed E-state index contributed by atoms with van der Waals surface area (Å²) in [4.78, 5) is 12.4. The summed E-state index contributed by atoms with van der Waals surface area (Å²) in [5.41, 5.74) is 2.51. The number of aryl methyl sites for hydroxylation is 1. The molecule has 0 aliphatic carbocycles. The smallest absolute Gasteiger partial charge is 0.309 e. The van der Waals surface area contributed by atoms with Crippen molar-refractivity contribution in [3.05, 3.63) is 65.7 Å². The molecular formula is C31H48NO3+. The number of quaternary nitrogens is 1. The monoisotopic (exact) mass is 482 g/mol. The Morgan fingerprint density at radius 2 is 1.46 bits per heavy atom. The van der Waals surface area contributed by atoms with Gasteiger partial charge in [0, 0.05) is 18.9 Å². The summed E-state index contributed by atoms with van der Waals surface area (Å²) in [5.74, 6) is 0.633. The number of hydrogen-bond donors (Lipinski definition) is 0. The van der Waals surface area contributed by atoms with Crippen molar-refractivity contribution in [2.75, 3.05) is 20.6 Å². The summed E-state index contributed by atoms with van der Waals surface area (Å²) in [6, 6.07) is 18.6. The molecule has 0 aliphatic rings. The van der Waals surface area contributed by atoms with Crippen molar-refractivity contribution < 1.29 is 18.8 Å². The van der Waals surface area contributed by atoms with Gasteiger partial charge in [-0.3, -0.25) is 4.79 Å². The molecule has 2 aromatic rings. The number of carbonyl (C=O) groups is 1. The lowest BCUT2D eigenvalue weighted by atomic mass is 10.0. The Bertz CT molecular complexity index is 834. The van der Waals surface area contributed by atoms with Gasteiger partial charge in [0.25, 0.3) is 0 Å². The van der Waals surface area contributed by atoms with Gasteiger partial charge in [-0.05, 0) is 24.5 Å². The molecule has 0 N–H and O–H groups in total. The van der Waals surface area contributed by atoms with Crippen LogP contribution in [0.25, 0.3) is 0 Å². The number of hydrogen-bond acceptors (Lipinski definition) is 3. The van der Waals surface area contributed by atoms with Crippen molar-refractivity contribution in [2.45, 2.75) is 97.3 Å². The molecule has 0 saturated carbocycles. The fraction of sp³-hybridized carbons (Fsp3) is 0.581. The van der Waals surface area contributed by atoms with E-state index < -0.39 is 6.29 Å². The molecule has 0 spiro atoms. The van der Waals surface area contributed by atoms with E-state index in [1.54, 1.807) is 6.92 Å². The minimum atomic E-state index is -0.589. The number of ether oxygens (including phenoxy) is 2. The number of rotatable bonds is 18. The summed E-state index contributed by atoms with van der Waals surface area (Å²) >= 11 is 0. The molecule has 0 aromatic heterocycles. The zero-order valence-corrected chi connectivity index (χ0v) is 22.6. The van der Waals surface area contributed by atoms with Crippen molar-refractivity contribution in [3.63, 3.8) is 0 Å². The molecule has 0 fully saturated rings. The molecule has 2 rings (SSSR count). The molecule has 2 aromatic carbocycles. The van der Waals surface area contributed by atoms with Crippen LogP contribution in [0.3, 0.4) is 0 Å². The fourth-order valence-electron chi connectivity index (χ4n) is 4.53. The van der Waals surface area contributed by atoms with E-state index in [0.29, 0.717) is 6.42 Å². The first-order chi connectivity index (χ1) is 16.9. The van der Waals surface area contributed by atoms with E-state index in [2.05, 4.69) is 57.4 Å². The molecule has 35 heavy (non-hydrogen) atoms. The van der Waals surface area contributed by atoms with Crippen molar-refractivity contribution in [2.24, 2.45) is 0 Å². The number of carbonyl (C=O) groups excluding carboxylic acids is 1. The highest BCUT2D eigenvalue weighted by atomic mass is 16.7. The van der Waals surface area contributed by atoms with Crippen molar-refractivity contribution in [1.29, 1.82) is 0 Å². The maximum Gasteiger partial charge on any atom is 0.309 e. The van der Waals surface area contributed by atoms with E-state index in [1.807, 2.05) is 18.2 Å². The molecular weight excluding hydrogens is 434 g/mol. The Hall–Kier alpha value is -2.33. The highest BCUT2D eigenvalue weighted by Gasteiger charge is 2.18. The zero-order valence-electron chi connectivity index (χ0n) is 22.6. The van der Waals surface area contributed by atoms with Crippen LogP contribution in [-0.4, -0.2) is 37.4 Å². The predicted molar refractivity (Wildman–Crippen MR) is 145 cm³/mol. The van der Waals surface area contributed by atoms with Crippen LogP contribution in [0.1, 0.15) is 89.2 Å². The number of nitrogens with zero attached hydrogens (tertiary/aromatic N) is 1. The first-order valence-corrected chi connectivity index (χ1v) is 13.7. The Morgan fingerprint density at radius 3 is 2.17 bits per heavy atom. The average Bonchev–Trinajstić information content (AvgIpc) is 2.82. The van der Waals surface area contributed by atoms with Gasteiger partial charge in [-0.15, -0.1) is 0 Å². The molecule has 4 nitrogen and oxygen atoms in total. The second-order valence-corrected chi connectivity index (χ2v) is 10.4. The van der Waals surface area contributed by atoms with Crippen LogP contribution in [0, 0.1) is 0 Å². The summed E-state index contributed by atoms with van der Waals surface area (Å²) in [6.45, 7) is 5.93. The van der Waals surface area contributed by atoms with Gasteiger partial charge in [0.1, 0.15) is 12.3 Å². The van der Waals surface area contributed by atoms with Crippen molar-refractivity contribution >= 4 is 5.97 Å². The molecule has 0 bridgehead atoms. The fourth-order valence-corrected chi connectivity index (χ4v) is 4.53. The van der Waals surface area contributed by atoms with Crippen LogP contribution in [0.4, 0.5) is 0 Å². The minimum absolute atomic E-state index is 0.197. The van der Waals surface area contributed by atoms with E-state index in [4.69, 9.17) is 9.47 Å². The lowest BCUT2D eigenvalue weighted by Gasteiger charge is -2.30. The van der Waals surface area contributed by atoms with E-state index in [-0.39, 0.29) is 5.97 Å². The Morgan fingerprint density at radius 1 is 0.829 bits per heavy atom. The molecule has 4 heteroatoms. The van der Waals surface area contributed by atoms with Crippen LogP contribution >= 0.6 is 0 Å². The second kappa shape index (κ2) is 16.4. The third-order valence-corrected chi connectivity index (χ3v) is 6.46. The van der Waals surface area contributed by atoms with Gasteiger partial charge in [0.15, 0.2) is 0 Å². The van der Waals surface area contributed by atoms with Gasteiger partial charge in [0.2, 0.25) is 6.29 Å². The zero-order chi connectivity index (χ0) is 25.4. The van der Waals surface area contributed by atoms with Crippen LogP contribution in [-0.2, 0) is 22.5 Å². The number of para-hydroxylation sites is 1. The predicted octanol–water partition coefficient (Wildman–Crippen LogP) is 7.69. The second-order valence-electron chi connectivity index (χ2n) is 10.4. The van der Waals surface area contributed by atoms with Crippen LogP contribution in [0.5, 0.6) is 5.75 Å². The summed E-state index contributed by atoms with van der Waals surface area (Å²) in [7, 11) is 4.40. The Labute approximate surface area is 214 Å². The molecule has 0 heterocycles. The first kappa shape index (κ1) is 28.9. The maximum atomic E-state index is 12.4. The van der Waals surface area contributed by atoms with Gasteiger partial charge in [-0.25, -0.2) is 0 Å². The molecule has 1 atom stereocenters. The van der Waals surface area contributed by atoms with Gasteiger partial charge < -0.3 is 14.0 Å². The number of unbranched alkanes of at least 4 members (excludes halogenated alkanes) is 7. The SMILES string of the molecule is CCCCCCCCCCc1ccccc1OC(C)OC(=O)CCC[N+](C)(C)Cc1ccccc1. The van der Waals surface area contributed by atoms with E-state index in [1.165, 1.54) is 62.5 Å². The van der Waals surface area contributed by atoms with Crippen LogP contribution < -0.4 is 4.74 Å². The molecule has 0 amide bonds. The van der Waals surface area contributed by atoms with Gasteiger partial charge in [-0.1, -0.05) is 100 Å². The lowest BCUT2D eigenvalue weighted by molar-refractivity contribution is -0.903. The Balaban J connectivity index is 1.67. The molecule has 0 saturated heterocycles. The normalized spacial score (nSPS) is 12.3. The Kier molecular flexibility index (Phi) is 13.5. The molecule has 0 aliphatic heterocycles. The third-order valence-electron chi connectivity index (χ3n) is 6.46. The standard InChI is InChI=1S/C31H48NO3/c1-5-6-7-8-9-10-11-15-21-29-22-16-17-23-30(29)34-27(2)35-31(33)24-18-25-32(3,4)26-28-19-13-12-14-20-28/h12-14,16-17,19-20,22-23,27H,5-11,15,18,21,24-26H2,1-4H3/q+1. The molecule has 0 radical (unpaired) electrons. The summed E-state index contributed by atoms with van der Waals surface area (Å²) in [5, 5.41) is 0. The van der Waals surface area contributed by atoms with E-state index >= 15 is 0 Å². The first-order valence-electron chi connectivity index (χ1n) is 13.7. The summed E-state index contributed by atoms with van der Waals surface area (Å²) in [6.07, 6.45) is 12.1. The maximum absolute atomic E-state index is 12.4. The largest absolute Gasteiger partial charge is 0.455 e. The minimum Gasteiger partial charge on any atom is -0.455 e. The third kappa shape index (κ3) is 12.8. The molecule has 1 unspecified atom stereocenters. The number of benzene rings is 2. The lowest BCUT2D eigenvalue weighted by Crippen LogP contribution is -2.39.